The number of alkyl halides is 3. The summed E-state index contributed by atoms with van der Waals surface area (Å²) in [7, 11) is -7.59. The third-order valence-corrected chi connectivity index (χ3v) is 9.25. The van der Waals surface area contributed by atoms with Crippen LogP contribution in [-0.4, -0.2) is 50.1 Å². The number of nitrogens with one attached hydrogen (secondary N) is 2. The number of rotatable bonds is 5. The first-order valence-corrected chi connectivity index (χ1v) is 14.0. The molecule has 1 aromatic rings. The molecule has 2 N–H and O–H groups in total. The van der Waals surface area contributed by atoms with Crippen molar-refractivity contribution in [2.24, 2.45) is 0 Å². The average Bonchev–Trinajstić information content (AvgIpc) is 2.94. The molecule has 1 aromatic carbocycles. The summed E-state index contributed by atoms with van der Waals surface area (Å²) in [6.45, 7) is 0. The molecule has 0 radical (unpaired) electrons. The van der Waals surface area contributed by atoms with Crippen LogP contribution < -0.4 is 10.0 Å². The maximum atomic E-state index is 12.8. The van der Waals surface area contributed by atoms with Gasteiger partial charge in [-0.15, -0.1) is 0 Å². The van der Waals surface area contributed by atoms with E-state index in [9.17, 15) is 21.6 Å². The molecule has 2 aliphatic rings. The number of benzene rings is 1. The molecule has 168 valence electrons. The van der Waals surface area contributed by atoms with Crippen molar-refractivity contribution in [3.05, 3.63) is 29.8 Å². The van der Waals surface area contributed by atoms with Gasteiger partial charge < -0.3 is 5.32 Å². The summed E-state index contributed by atoms with van der Waals surface area (Å²) < 4.78 is 49.8. The van der Waals surface area contributed by atoms with E-state index in [0.29, 0.717) is 5.92 Å². The van der Waals surface area contributed by atoms with Crippen molar-refractivity contribution >= 4 is 60.6 Å². The highest BCUT2D eigenvalue weighted by Crippen LogP contribution is 2.33. The minimum absolute atomic E-state index is 0.0258. The second-order valence-electron chi connectivity index (χ2n) is 7.79. The van der Waals surface area contributed by atoms with Gasteiger partial charge in [0, 0.05) is 0 Å². The number of halogens is 3. The third kappa shape index (κ3) is 6.01. The highest BCUT2D eigenvalue weighted by Gasteiger charge is 2.43. The van der Waals surface area contributed by atoms with Crippen molar-refractivity contribution in [3.8, 4) is 0 Å². The van der Waals surface area contributed by atoms with Crippen LogP contribution in [0.5, 0.6) is 0 Å². The van der Waals surface area contributed by atoms with Crippen LogP contribution in [0.1, 0.15) is 43.6 Å². The Labute approximate surface area is 191 Å². The van der Waals surface area contributed by atoms with E-state index in [-0.39, 0.29) is 4.90 Å². The summed E-state index contributed by atoms with van der Waals surface area (Å²) in [6, 6.07) is 4.52. The summed E-state index contributed by atoms with van der Waals surface area (Å²) in [4.78, 5) is 11.9. The molecule has 12 heteroatoms. The van der Waals surface area contributed by atoms with Gasteiger partial charge in [-0.2, -0.15) is 0 Å². The Morgan fingerprint density at radius 3 is 2.10 bits per heavy atom. The molecule has 1 aliphatic heterocycles. The average molecular weight is 518 g/mol. The van der Waals surface area contributed by atoms with E-state index in [2.05, 4.69) is 10.0 Å². The Bertz CT molecular complexity index is 986. The molecule has 1 saturated heterocycles. The fraction of sp³-hybridized carbons (Fsp3) is 0.611. The summed E-state index contributed by atoms with van der Waals surface area (Å²) >= 11 is 16.6. The standard InChI is InChI=1S/C18H23Cl3N2O5S2/c19-18(20,21)17(24)22-15-10-29(25,26)11-16(15)23-30(27,28)14-8-6-13(7-9-14)12-4-2-1-3-5-12/h6-9,12,15-16,23H,1-5,10-11H2,(H,22,24)/t15-,16-/m1/s1. The number of sulfone groups is 1. The summed E-state index contributed by atoms with van der Waals surface area (Å²) in [5, 5.41) is 2.31. The minimum atomic E-state index is -4.01. The van der Waals surface area contributed by atoms with E-state index in [1.807, 2.05) is 0 Å². The van der Waals surface area contributed by atoms with Crippen molar-refractivity contribution < 1.29 is 21.6 Å². The van der Waals surface area contributed by atoms with Gasteiger partial charge in [0.05, 0.1) is 28.5 Å². The molecule has 2 fully saturated rings. The second-order valence-corrected chi connectivity index (χ2v) is 13.9. The van der Waals surface area contributed by atoms with Gasteiger partial charge >= 0.3 is 0 Å². The van der Waals surface area contributed by atoms with Crippen LogP contribution in [0.4, 0.5) is 0 Å². The molecule has 0 aromatic heterocycles. The third-order valence-electron chi connectivity index (χ3n) is 5.50. The quantitative estimate of drug-likeness (QED) is 0.584. The fourth-order valence-electron chi connectivity index (χ4n) is 3.98. The molecule has 1 heterocycles. The number of hydrogen-bond acceptors (Lipinski definition) is 5. The van der Waals surface area contributed by atoms with Gasteiger partial charge in [-0.25, -0.2) is 21.6 Å². The van der Waals surface area contributed by atoms with Gasteiger partial charge in [-0.1, -0.05) is 66.2 Å². The molecule has 0 bridgehead atoms. The van der Waals surface area contributed by atoms with Crippen LogP contribution in [0.3, 0.4) is 0 Å². The molecule has 3 rings (SSSR count). The van der Waals surface area contributed by atoms with Crippen molar-refractivity contribution in [2.45, 2.75) is 58.8 Å². The lowest BCUT2D eigenvalue weighted by molar-refractivity contribution is -0.120. The van der Waals surface area contributed by atoms with Crippen LogP contribution in [0.15, 0.2) is 29.2 Å². The van der Waals surface area contributed by atoms with Crippen LogP contribution in [0, 0.1) is 0 Å². The molecule has 1 amide bonds. The zero-order chi connectivity index (χ0) is 22.2. The normalized spacial score (nSPS) is 25.2. The molecule has 0 spiro atoms. The van der Waals surface area contributed by atoms with E-state index in [1.54, 1.807) is 12.1 Å². The molecular formula is C18H23Cl3N2O5S2. The van der Waals surface area contributed by atoms with Crippen molar-refractivity contribution in [1.29, 1.82) is 0 Å². The van der Waals surface area contributed by atoms with E-state index in [1.165, 1.54) is 31.4 Å². The highest BCUT2D eigenvalue weighted by molar-refractivity contribution is 7.92. The van der Waals surface area contributed by atoms with Gasteiger partial charge in [0.2, 0.25) is 10.0 Å². The number of amides is 1. The van der Waals surface area contributed by atoms with E-state index >= 15 is 0 Å². The lowest BCUT2D eigenvalue weighted by Crippen LogP contribution is -2.53. The largest absolute Gasteiger partial charge is 0.347 e. The second kappa shape index (κ2) is 9.11. The fourth-order valence-corrected chi connectivity index (χ4v) is 7.39. The van der Waals surface area contributed by atoms with E-state index in [4.69, 9.17) is 34.8 Å². The van der Waals surface area contributed by atoms with Crippen LogP contribution in [-0.2, 0) is 24.7 Å². The highest BCUT2D eigenvalue weighted by atomic mass is 35.6. The van der Waals surface area contributed by atoms with E-state index in [0.717, 1.165) is 18.4 Å². The SMILES string of the molecule is O=C(N[C@@H]1CS(=O)(=O)C[C@H]1NS(=O)(=O)c1ccc(C2CCCCC2)cc1)C(Cl)(Cl)Cl. The van der Waals surface area contributed by atoms with E-state index < -0.39 is 53.1 Å². The lowest BCUT2D eigenvalue weighted by Gasteiger charge is -2.23. The predicted octanol–water partition coefficient (Wildman–Crippen LogP) is 2.66. The smallest absolute Gasteiger partial charge is 0.272 e. The van der Waals surface area contributed by atoms with Gasteiger partial charge in [0.15, 0.2) is 9.84 Å². The van der Waals surface area contributed by atoms with Crippen LogP contribution in [0.2, 0.25) is 0 Å². The van der Waals surface area contributed by atoms with Gasteiger partial charge in [0.1, 0.15) is 0 Å². The number of hydrogen-bond donors (Lipinski definition) is 2. The predicted molar refractivity (Wildman–Crippen MR) is 117 cm³/mol. The molecule has 30 heavy (non-hydrogen) atoms. The summed E-state index contributed by atoms with van der Waals surface area (Å²) in [5.74, 6) is -1.50. The molecular weight excluding hydrogens is 495 g/mol. The molecule has 1 saturated carbocycles. The Morgan fingerprint density at radius 2 is 1.53 bits per heavy atom. The lowest BCUT2D eigenvalue weighted by atomic mass is 9.84. The van der Waals surface area contributed by atoms with Gasteiger partial charge in [0.25, 0.3) is 9.70 Å². The minimum Gasteiger partial charge on any atom is -0.347 e. The van der Waals surface area contributed by atoms with Crippen LogP contribution in [0.25, 0.3) is 0 Å². The van der Waals surface area contributed by atoms with Crippen molar-refractivity contribution in [1.82, 2.24) is 10.0 Å². The Kier molecular flexibility index (Phi) is 7.31. The molecule has 1 aliphatic carbocycles. The first-order chi connectivity index (χ1) is 13.9. The van der Waals surface area contributed by atoms with Crippen LogP contribution >= 0.6 is 34.8 Å². The summed E-state index contributed by atoms with van der Waals surface area (Å²) in [6.07, 6.45) is 5.75. The molecule has 2 atom stereocenters. The van der Waals surface area contributed by atoms with Crippen molar-refractivity contribution in [2.75, 3.05) is 11.5 Å². The Balaban J connectivity index is 1.74. The first kappa shape index (κ1) is 24.1. The number of carbonyl (C=O) groups is 1. The Hall–Kier alpha value is -0.580. The Morgan fingerprint density at radius 1 is 0.967 bits per heavy atom. The maximum Gasteiger partial charge on any atom is 0.272 e. The summed E-state index contributed by atoms with van der Waals surface area (Å²) in [5.41, 5.74) is 1.10. The van der Waals surface area contributed by atoms with Gasteiger partial charge in [-0.05, 0) is 36.5 Å². The monoisotopic (exact) mass is 516 g/mol. The zero-order valence-electron chi connectivity index (χ0n) is 16.0. The topological polar surface area (TPSA) is 109 Å². The van der Waals surface area contributed by atoms with Crippen molar-refractivity contribution in [3.63, 3.8) is 0 Å². The molecule has 7 nitrogen and oxygen atoms in total. The first-order valence-electron chi connectivity index (χ1n) is 9.58. The van der Waals surface area contributed by atoms with Gasteiger partial charge in [-0.3, -0.25) is 4.79 Å². The molecule has 0 unspecified atom stereocenters. The number of carbonyl (C=O) groups excluding carboxylic acids is 1. The zero-order valence-corrected chi connectivity index (χ0v) is 19.9. The maximum absolute atomic E-state index is 12.8. The number of sulfonamides is 1.